The molecule has 1 fully saturated rings. The van der Waals surface area contributed by atoms with Gasteiger partial charge in [0.25, 0.3) is 5.91 Å². The summed E-state index contributed by atoms with van der Waals surface area (Å²) in [6.45, 7) is 6.62. The second kappa shape index (κ2) is 10.9. The second-order valence-electron chi connectivity index (χ2n) is 7.97. The van der Waals surface area contributed by atoms with E-state index in [4.69, 9.17) is 9.47 Å². The summed E-state index contributed by atoms with van der Waals surface area (Å²) < 4.78 is 11.8. The number of ether oxygens (including phenoxy) is 2. The van der Waals surface area contributed by atoms with Crippen molar-refractivity contribution in [2.75, 3.05) is 6.61 Å². The van der Waals surface area contributed by atoms with E-state index in [9.17, 15) is 10.1 Å². The largest absolute Gasteiger partial charge is 0.490 e. The van der Waals surface area contributed by atoms with E-state index in [0.717, 1.165) is 27.9 Å². The third kappa shape index (κ3) is 5.92. The third-order valence-corrected chi connectivity index (χ3v) is 6.23. The molecule has 0 unspecified atom stereocenters. The van der Waals surface area contributed by atoms with Crippen LogP contribution in [0.4, 0.5) is 5.69 Å². The highest BCUT2D eigenvalue weighted by molar-refractivity contribution is 8.18. The van der Waals surface area contributed by atoms with E-state index in [1.165, 1.54) is 11.8 Å². The quantitative estimate of drug-likeness (QED) is 0.414. The van der Waals surface area contributed by atoms with E-state index < -0.39 is 0 Å². The first kappa shape index (κ1) is 24.1. The number of rotatable bonds is 7. The SMILES string of the molecule is CCOc1cc(/C=C2\SC(=Nc3cc(C)ccc3C)NC2=O)ccc1OCc1ccccc1C#N. The zero-order valence-electron chi connectivity index (χ0n) is 19.8. The molecule has 1 heterocycles. The molecule has 3 aromatic rings. The van der Waals surface area contributed by atoms with Gasteiger partial charge in [-0.3, -0.25) is 4.79 Å². The Morgan fingerprint density at radius 2 is 1.89 bits per heavy atom. The number of nitrogens with one attached hydrogen (secondary N) is 1. The Kier molecular flexibility index (Phi) is 7.54. The van der Waals surface area contributed by atoms with Crippen LogP contribution in [0.15, 0.2) is 70.6 Å². The number of aliphatic imine (C=N–C) groups is 1. The molecule has 0 aliphatic carbocycles. The van der Waals surface area contributed by atoms with Crippen LogP contribution in [0.2, 0.25) is 0 Å². The number of amides is 1. The van der Waals surface area contributed by atoms with Gasteiger partial charge in [0.05, 0.1) is 28.8 Å². The summed E-state index contributed by atoms with van der Waals surface area (Å²) in [4.78, 5) is 17.7. The van der Waals surface area contributed by atoms with Crippen molar-refractivity contribution in [2.45, 2.75) is 27.4 Å². The van der Waals surface area contributed by atoms with Crippen molar-refractivity contribution in [1.82, 2.24) is 5.32 Å². The molecule has 176 valence electrons. The lowest BCUT2D eigenvalue weighted by Crippen LogP contribution is -2.19. The molecule has 1 aliphatic heterocycles. The smallest absolute Gasteiger partial charge is 0.264 e. The molecule has 0 spiro atoms. The number of hydrogen-bond donors (Lipinski definition) is 1. The first-order valence-electron chi connectivity index (χ1n) is 11.2. The van der Waals surface area contributed by atoms with Gasteiger partial charge in [0, 0.05) is 5.56 Å². The summed E-state index contributed by atoms with van der Waals surface area (Å²) in [7, 11) is 0. The van der Waals surface area contributed by atoms with Crippen LogP contribution < -0.4 is 14.8 Å². The van der Waals surface area contributed by atoms with E-state index in [0.29, 0.717) is 33.7 Å². The summed E-state index contributed by atoms with van der Waals surface area (Å²) in [5.41, 5.74) is 5.19. The van der Waals surface area contributed by atoms with E-state index >= 15 is 0 Å². The van der Waals surface area contributed by atoms with E-state index in [-0.39, 0.29) is 12.5 Å². The third-order valence-electron chi connectivity index (χ3n) is 5.32. The molecular formula is C28H25N3O3S. The Balaban J connectivity index is 1.54. The number of benzene rings is 3. The van der Waals surface area contributed by atoms with Crippen molar-refractivity contribution >= 4 is 34.6 Å². The maximum Gasteiger partial charge on any atom is 0.264 e. The zero-order chi connectivity index (χ0) is 24.8. The number of aryl methyl sites for hydroxylation is 2. The lowest BCUT2D eigenvalue weighted by atomic mass is 10.1. The predicted octanol–water partition coefficient (Wildman–Crippen LogP) is 6.04. The van der Waals surface area contributed by atoms with Crippen molar-refractivity contribution < 1.29 is 14.3 Å². The lowest BCUT2D eigenvalue weighted by molar-refractivity contribution is -0.115. The fourth-order valence-corrected chi connectivity index (χ4v) is 4.33. The normalized spacial score (nSPS) is 15.2. The highest BCUT2D eigenvalue weighted by atomic mass is 32.2. The zero-order valence-corrected chi connectivity index (χ0v) is 20.6. The minimum Gasteiger partial charge on any atom is -0.490 e. The van der Waals surface area contributed by atoms with Crippen LogP contribution in [0.25, 0.3) is 6.08 Å². The van der Waals surface area contributed by atoms with E-state index in [1.54, 1.807) is 6.07 Å². The Hall–Kier alpha value is -4.02. The Labute approximate surface area is 209 Å². The van der Waals surface area contributed by atoms with Gasteiger partial charge in [0.15, 0.2) is 16.7 Å². The van der Waals surface area contributed by atoms with Crippen LogP contribution in [0.5, 0.6) is 11.5 Å². The Morgan fingerprint density at radius 3 is 2.69 bits per heavy atom. The van der Waals surface area contributed by atoms with Crippen molar-refractivity contribution in [1.29, 1.82) is 5.26 Å². The Morgan fingerprint density at radius 1 is 1.06 bits per heavy atom. The van der Waals surface area contributed by atoms with Crippen molar-refractivity contribution in [3.63, 3.8) is 0 Å². The number of amidine groups is 1. The lowest BCUT2D eigenvalue weighted by Gasteiger charge is -2.13. The fraction of sp³-hybridized carbons (Fsp3) is 0.179. The summed E-state index contributed by atoms with van der Waals surface area (Å²) in [5.74, 6) is 0.955. The number of carbonyl (C=O) groups excluding carboxylic acids is 1. The average molecular weight is 484 g/mol. The average Bonchev–Trinajstić information content (AvgIpc) is 3.19. The number of hydrogen-bond acceptors (Lipinski definition) is 6. The van der Waals surface area contributed by atoms with Gasteiger partial charge in [0.1, 0.15) is 6.61 Å². The maximum absolute atomic E-state index is 12.6. The molecule has 6 nitrogen and oxygen atoms in total. The van der Waals surface area contributed by atoms with Gasteiger partial charge in [0.2, 0.25) is 0 Å². The molecule has 0 saturated carbocycles. The Bertz CT molecular complexity index is 1370. The minimum absolute atomic E-state index is 0.189. The number of thioether (sulfide) groups is 1. The fourth-order valence-electron chi connectivity index (χ4n) is 3.49. The monoisotopic (exact) mass is 483 g/mol. The van der Waals surface area contributed by atoms with Gasteiger partial charge >= 0.3 is 0 Å². The van der Waals surface area contributed by atoms with Crippen molar-refractivity contribution in [3.05, 3.63) is 93.4 Å². The maximum atomic E-state index is 12.6. The van der Waals surface area contributed by atoms with Gasteiger partial charge in [-0.1, -0.05) is 36.4 Å². The molecule has 1 aliphatic rings. The van der Waals surface area contributed by atoms with Crippen LogP contribution in [0, 0.1) is 25.2 Å². The van der Waals surface area contributed by atoms with Gasteiger partial charge < -0.3 is 14.8 Å². The molecule has 4 rings (SSSR count). The number of nitrogens with zero attached hydrogens (tertiary/aromatic N) is 2. The van der Waals surface area contributed by atoms with Crippen LogP contribution in [0.1, 0.15) is 34.7 Å². The van der Waals surface area contributed by atoms with Crippen LogP contribution in [-0.2, 0) is 11.4 Å². The van der Waals surface area contributed by atoms with E-state index in [2.05, 4.69) is 16.4 Å². The molecule has 3 aromatic carbocycles. The topological polar surface area (TPSA) is 83.7 Å². The predicted molar refractivity (Wildman–Crippen MR) is 140 cm³/mol. The number of nitriles is 1. The number of carbonyl (C=O) groups is 1. The molecule has 0 atom stereocenters. The molecule has 0 radical (unpaired) electrons. The standard InChI is InChI=1S/C28H25N3O3S/c1-4-33-25-14-20(11-12-24(25)34-17-22-8-6-5-7-21(22)16-29)15-26-27(32)31-28(35-26)30-23-13-18(2)9-10-19(23)3/h5-15H,4,17H2,1-3H3,(H,30,31,32)/b26-15-. The molecule has 1 saturated heterocycles. The van der Waals surface area contributed by atoms with Gasteiger partial charge in [-0.25, -0.2) is 4.99 Å². The molecule has 1 N–H and O–H groups in total. The molecule has 35 heavy (non-hydrogen) atoms. The molecule has 7 heteroatoms. The van der Waals surface area contributed by atoms with Crippen LogP contribution in [-0.4, -0.2) is 17.7 Å². The van der Waals surface area contributed by atoms with Crippen molar-refractivity contribution in [3.8, 4) is 17.6 Å². The molecule has 0 bridgehead atoms. The molecule has 1 amide bonds. The summed E-state index contributed by atoms with van der Waals surface area (Å²) in [6, 6.07) is 21.1. The highest BCUT2D eigenvalue weighted by Gasteiger charge is 2.24. The summed E-state index contributed by atoms with van der Waals surface area (Å²) in [5, 5.41) is 12.7. The van der Waals surface area contributed by atoms with Gasteiger partial charge in [-0.15, -0.1) is 0 Å². The molecular weight excluding hydrogens is 458 g/mol. The first-order valence-corrected chi connectivity index (χ1v) is 12.0. The summed E-state index contributed by atoms with van der Waals surface area (Å²) in [6.07, 6.45) is 1.81. The summed E-state index contributed by atoms with van der Waals surface area (Å²) >= 11 is 1.31. The van der Waals surface area contributed by atoms with Crippen LogP contribution in [0.3, 0.4) is 0 Å². The van der Waals surface area contributed by atoms with E-state index in [1.807, 2.05) is 81.4 Å². The van der Waals surface area contributed by atoms with Gasteiger partial charge in [-0.05, 0) is 79.6 Å². The first-order chi connectivity index (χ1) is 17.0. The highest BCUT2D eigenvalue weighted by Crippen LogP contribution is 2.33. The van der Waals surface area contributed by atoms with Crippen LogP contribution >= 0.6 is 11.8 Å². The van der Waals surface area contributed by atoms with Crippen molar-refractivity contribution in [2.24, 2.45) is 4.99 Å². The molecule has 0 aromatic heterocycles. The second-order valence-corrected chi connectivity index (χ2v) is 9.00. The van der Waals surface area contributed by atoms with Gasteiger partial charge in [-0.2, -0.15) is 5.26 Å². The minimum atomic E-state index is -0.189.